The van der Waals surface area contributed by atoms with Crippen molar-refractivity contribution < 1.29 is 24.2 Å². The Hall–Kier alpha value is -3.39. The minimum absolute atomic E-state index is 0.00721. The van der Waals surface area contributed by atoms with Crippen LogP contribution >= 0.6 is 0 Å². The summed E-state index contributed by atoms with van der Waals surface area (Å²) in [4.78, 5) is 40.5. The molecule has 1 heterocycles. The van der Waals surface area contributed by atoms with E-state index in [4.69, 9.17) is 9.84 Å². The lowest BCUT2D eigenvalue weighted by Crippen LogP contribution is -2.53. The van der Waals surface area contributed by atoms with Gasteiger partial charge in [0.25, 0.3) is 0 Å². The molecule has 1 fully saturated rings. The molecule has 2 aromatic rings. The fourth-order valence-electron chi connectivity index (χ4n) is 4.99. The van der Waals surface area contributed by atoms with E-state index in [1.54, 1.807) is 11.9 Å². The van der Waals surface area contributed by atoms with Crippen LogP contribution in [0.3, 0.4) is 0 Å². The molecule has 2 aromatic carbocycles. The Bertz CT molecular complexity index is 1020. The number of aliphatic carboxylic acids is 1. The number of carbonyl (C=O) groups is 3. The summed E-state index contributed by atoms with van der Waals surface area (Å²) in [6.45, 7) is 2.53. The number of likely N-dealkylation sites (N-methyl/N-ethyl adjacent to an activating group) is 1. The van der Waals surface area contributed by atoms with Gasteiger partial charge in [-0.15, -0.1) is 0 Å². The van der Waals surface area contributed by atoms with Crippen molar-refractivity contribution in [3.05, 3.63) is 59.7 Å². The topological polar surface area (TPSA) is 99.2 Å². The third-order valence-corrected chi connectivity index (χ3v) is 6.63. The van der Waals surface area contributed by atoms with Crippen LogP contribution in [0, 0.1) is 5.92 Å². The number of hydrogen-bond acceptors (Lipinski definition) is 5. The lowest BCUT2D eigenvalue weighted by molar-refractivity contribution is -0.138. The van der Waals surface area contributed by atoms with Gasteiger partial charge in [0.1, 0.15) is 12.6 Å². The summed E-state index contributed by atoms with van der Waals surface area (Å²) >= 11 is 0. The van der Waals surface area contributed by atoms with Crippen LogP contribution in [0.2, 0.25) is 0 Å². The molecule has 0 spiro atoms. The van der Waals surface area contributed by atoms with Crippen molar-refractivity contribution in [2.45, 2.75) is 24.8 Å². The van der Waals surface area contributed by atoms with E-state index in [9.17, 15) is 14.4 Å². The first-order valence-corrected chi connectivity index (χ1v) is 11.6. The maximum absolute atomic E-state index is 13.0. The summed E-state index contributed by atoms with van der Waals surface area (Å²) in [6, 6.07) is 15.2. The molecule has 2 aliphatic rings. The van der Waals surface area contributed by atoms with Crippen LogP contribution in [0.25, 0.3) is 11.1 Å². The predicted molar refractivity (Wildman–Crippen MR) is 127 cm³/mol. The van der Waals surface area contributed by atoms with Gasteiger partial charge in [0.15, 0.2) is 0 Å². The van der Waals surface area contributed by atoms with E-state index in [-0.39, 0.29) is 31.3 Å². The number of ether oxygens (including phenoxy) is 1. The highest BCUT2D eigenvalue weighted by molar-refractivity contribution is 5.86. The number of amides is 2. The second-order valence-electron chi connectivity index (χ2n) is 9.26. The second kappa shape index (κ2) is 10.3. The molecule has 1 aliphatic heterocycles. The smallest absolute Gasteiger partial charge is 0.407 e. The zero-order valence-corrected chi connectivity index (χ0v) is 19.6. The lowest BCUT2D eigenvalue weighted by Gasteiger charge is -2.39. The van der Waals surface area contributed by atoms with Gasteiger partial charge in [0, 0.05) is 44.9 Å². The minimum Gasteiger partial charge on any atom is -0.481 e. The fraction of sp³-hybridized carbons (Fsp3) is 0.423. The average Bonchev–Trinajstić information content (AvgIpc) is 3.12. The standard InChI is InChI=1S/C26H31N3O5/c1-28-13-17(14-28)15-29(2)25(32)23(11-12-24(30)31)27-26(33)34-16-22-20-9-5-3-7-18(20)19-8-4-6-10-21(19)22/h3-10,17,22-23H,11-16H2,1-2H3,(H,27,33)(H,30,31). The van der Waals surface area contributed by atoms with Gasteiger partial charge in [-0.25, -0.2) is 4.79 Å². The highest BCUT2D eigenvalue weighted by Gasteiger charge is 2.32. The van der Waals surface area contributed by atoms with Crippen LogP contribution in [0.5, 0.6) is 0 Å². The molecule has 2 amide bonds. The highest BCUT2D eigenvalue weighted by Crippen LogP contribution is 2.44. The molecule has 1 unspecified atom stereocenters. The summed E-state index contributed by atoms with van der Waals surface area (Å²) in [5, 5.41) is 11.7. The first-order chi connectivity index (χ1) is 16.3. The number of rotatable bonds is 9. The molecule has 1 saturated heterocycles. The van der Waals surface area contributed by atoms with Crippen LogP contribution < -0.4 is 5.32 Å². The third-order valence-electron chi connectivity index (χ3n) is 6.63. The van der Waals surface area contributed by atoms with Crippen LogP contribution in [0.1, 0.15) is 29.9 Å². The molecular weight excluding hydrogens is 434 g/mol. The summed E-state index contributed by atoms with van der Waals surface area (Å²) < 4.78 is 5.56. The van der Waals surface area contributed by atoms with Crippen molar-refractivity contribution in [1.82, 2.24) is 15.1 Å². The summed E-state index contributed by atoms with van der Waals surface area (Å²) in [5.74, 6) is -1.03. The molecule has 0 bridgehead atoms. The molecule has 180 valence electrons. The Kier molecular flexibility index (Phi) is 7.17. The number of carboxylic acid groups (broad SMARTS) is 1. The van der Waals surface area contributed by atoms with E-state index in [0.29, 0.717) is 12.5 Å². The van der Waals surface area contributed by atoms with Gasteiger partial charge in [-0.1, -0.05) is 48.5 Å². The monoisotopic (exact) mass is 465 g/mol. The molecular formula is C26H31N3O5. The minimum atomic E-state index is -1.02. The number of hydrogen-bond donors (Lipinski definition) is 2. The molecule has 0 radical (unpaired) electrons. The van der Waals surface area contributed by atoms with Crippen molar-refractivity contribution in [2.75, 3.05) is 40.3 Å². The predicted octanol–water partition coefficient (Wildman–Crippen LogP) is 2.78. The van der Waals surface area contributed by atoms with Gasteiger partial charge in [0.2, 0.25) is 5.91 Å². The number of fused-ring (bicyclic) bond motifs is 3. The quantitative estimate of drug-likeness (QED) is 0.591. The van der Waals surface area contributed by atoms with E-state index in [2.05, 4.69) is 22.3 Å². The average molecular weight is 466 g/mol. The van der Waals surface area contributed by atoms with Gasteiger partial charge in [0.05, 0.1) is 0 Å². The molecule has 4 rings (SSSR count). The Balaban J connectivity index is 1.39. The van der Waals surface area contributed by atoms with Crippen LogP contribution in [-0.2, 0) is 14.3 Å². The second-order valence-corrected chi connectivity index (χ2v) is 9.26. The Morgan fingerprint density at radius 2 is 1.68 bits per heavy atom. The summed E-state index contributed by atoms with van der Waals surface area (Å²) in [6.07, 6.45) is -0.935. The van der Waals surface area contributed by atoms with Gasteiger partial charge >= 0.3 is 12.1 Å². The van der Waals surface area contributed by atoms with Crippen LogP contribution in [0.4, 0.5) is 4.79 Å². The molecule has 1 atom stereocenters. The molecule has 1 aliphatic carbocycles. The maximum Gasteiger partial charge on any atom is 0.407 e. The zero-order valence-electron chi connectivity index (χ0n) is 19.6. The van der Waals surface area contributed by atoms with E-state index >= 15 is 0 Å². The van der Waals surface area contributed by atoms with Crippen molar-refractivity contribution >= 4 is 18.0 Å². The van der Waals surface area contributed by atoms with Gasteiger partial charge < -0.3 is 25.0 Å². The highest BCUT2D eigenvalue weighted by atomic mass is 16.5. The Labute approximate surface area is 199 Å². The van der Waals surface area contributed by atoms with E-state index in [1.165, 1.54) is 0 Å². The van der Waals surface area contributed by atoms with Crippen molar-refractivity contribution in [2.24, 2.45) is 5.92 Å². The molecule has 8 heteroatoms. The Morgan fingerprint density at radius 3 is 2.24 bits per heavy atom. The van der Waals surface area contributed by atoms with Crippen molar-refractivity contribution in [3.63, 3.8) is 0 Å². The number of alkyl carbamates (subject to hydrolysis) is 1. The zero-order chi connectivity index (χ0) is 24.2. The number of nitrogens with one attached hydrogen (secondary N) is 1. The van der Waals surface area contributed by atoms with Gasteiger partial charge in [-0.2, -0.15) is 0 Å². The molecule has 8 nitrogen and oxygen atoms in total. The number of likely N-dealkylation sites (tertiary alicyclic amines) is 1. The number of nitrogens with zero attached hydrogens (tertiary/aromatic N) is 2. The first kappa shape index (κ1) is 23.8. The Morgan fingerprint density at radius 1 is 1.09 bits per heavy atom. The van der Waals surface area contributed by atoms with E-state index in [0.717, 1.165) is 35.3 Å². The molecule has 0 saturated carbocycles. The van der Waals surface area contributed by atoms with Gasteiger partial charge in [-0.3, -0.25) is 9.59 Å². The summed E-state index contributed by atoms with van der Waals surface area (Å²) in [5.41, 5.74) is 4.45. The molecule has 0 aromatic heterocycles. The third kappa shape index (κ3) is 5.22. The van der Waals surface area contributed by atoms with Crippen molar-refractivity contribution in [3.8, 4) is 11.1 Å². The van der Waals surface area contributed by atoms with Gasteiger partial charge in [-0.05, 0) is 35.7 Å². The summed E-state index contributed by atoms with van der Waals surface area (Å²) in [7, 11) is 3.71. The number of carboxylic acids is 1. The van der Waals surface area contributed by atoms with Crippen LogP contribution in [0.15, 0.2) is 48.5 Å². The SMILES string of the molecule is CN1CC(CN(C)C(=O)C(CCC(=O)O)NC(=O)OCC2c3ccccc3-c3ccccc32)C1. The number of carbonyl (C=O) groups excluding carboxylic acids is 2. The van der Waals surface area contributed by atoms with E-state index < -0.39 is 18.1 Å². The normalized spacial score (nSPS) is 16.2. The lowest BCUT2D eigenvalue weighted by atomic mass is 9.98. The fourth-order valence-corrected chi connectivity index (χ4v) is 4.99. The van der Waals surface area contributed by atoms with Crippen LogP contribution in [-0.4, -0.2) is 79.3 Å². The van der Waals surface area contributed by atoms with Crippen molar-refractivity contribution in [1.29, 1.82) is 0 Å². The number of benzene rings is 2. The first-order valence-electron chi connectivity index (χ1n) is 11.6. The largest absolute Gasteiger partial charge is 0.481 e. The molecule has 34 heavy (non-hydrogen) atoms. The maximum atomic E-state index is 13.0. The van der Waals surface area contributed by atoms with E-state index in [1.807, 2.05) is 43.4 Å². The molecule has 2 N–H and O–H groups in total.